The summed E-state index contributed by atoms with van der Waals surface area (Å²) >= 11 is 0. The van der Waals surface area contributed by atoms with E-state index in [9.17, 15) is 0 Å². The molecular formula is C13H22N2O. The van der Waals surface area contributed by atoms with Gasteiger partial charge in [-0.25, -0.2) is 0 Å². The Hall–Kier alpha value is -0.900. The largest absolute Gasteiger partial charge is 0.379 e. The second-order valence-electron chi connectivity index (χ2n) is 4.00. The van der Waals surface area contributed by atoms with Crippen molar-refractivity contribution in [1.82, 2.24) is 0 Å². The summed E-state index contributed by atoms with van der Waals surface area (Å²) in [4.78, 5) is 0. The molecule has 0 aliphatic carbocycles. The number of hydrogen-bond donors (Lipinski definition) is 2. The highest BCUT2D eigenvalue weighted by molar-refractivity contribution is 5.14. The van der Waals surface area contributed by atoms with Crippen molar-refractivity contribution >= 4 is 0 Å². The summed E-state index contributed by atoms with van der Waals surface area (Å²) in [5.41, 5.74) is 12.6. The molecule has 0 aliphatic rings. The number of ether oxygens (including phenoxy) is 1. The van der Waals surface area contributed by atoms with Gasteiger partial charge in [0, 0.05) is 12.6 Å². The topological polar surface area (TPSA) is 61.3 Å². The van der Waals surface area contributed by atoms with E-state index in [2.05, 4.69) is 24.3 Å². The molecule has 0 spiro atoms. The third kappa shape index (κ3) is 5.85. The summed E-state index contributed by atoms with van der Waals surface area (Å²) in [7, 11) is 0. The number of hydrogen-bond acceptors (Lipinski definition) is 3. The van der Waals surface area contributed by atoms with Crippen LogP contribution < -0.4 is 11.5 Å². The van der Waals surface area contributed by atoms with Crippen molar-refractivity contribution in [1.29, 1.82) is 0 Å². The molecule has 0 fully saturated rings. The van der Waals surface area contributed by atoms with Gasteiger partial charge in [0.05, 0.1) is 13.2 Å². The number of aryl methyl sites for hydroxylation is 1. The van der Waals surface area contributed by atoms with Crippen molar-refractivity contribution in [3.8, 4) is 0 Å². The van der Waals surface area contributed by atoms with Gasteiger partial charge in [-0.15, -0.1) is 0 Å². The predicted octanol–water partition coefficient (Wildman–Crippen LogP) is 1.31. The van der Waals surface area contributed by atoms with E-state index in [0.29, 0.717) is 19.8 Å². The Balaban J connectivity index is 2.06. The molecule has 1 unspecified atom stereocenters. The minimum absolute atomic E-state index is 0.135. The Morgan fingerprint density at radius 2 is 1.94 bits per heavy atom. The third-order valence-electron chi connectivity index (χ3n) is 2.48. The predicted molar refractivity (Wildman–Crippen MR) is 67.2 cm³/mol. The first-order valence-corrected chi connectivity index (χ1v) is 5.90. The highest BCUT2D eigenvalue weighted by Crippen LogP contribution is 2.05. The van der Waals surface area contributed by atoms with Gasteiger partial charge in [-0.05, 0) is 24.8 Å². The van der Waals surface area contributed by atoms with Crippen LogP contribution in [0.1, 0.15) is 18.4 Å². The van der Waals surface area contributed by atoms with E-state index in [0.717, 1.165) is 19.3 Å². The third-order valence-corrected chi connectivity index (χ3v) is 2.48. The van der Waals surface area contributed by atoms with Gasteiger partial charge in [-0.2, -0.15) is 0 Å². The number of rotatable bonds is 8. The van der Waals surface area contributed by atoms with Crippen molar-refractivity contribution in [2.24, 2.45) is 11.5 Å². The van der Waals surface area contributed by atoms with Crippen LogP contribution in [0.4, 0.5) is 0 Å². The van der Waals surface area contributed by atoms with Crippen LogP contribution in [0.25, 0.3) is 0 Å². The van der Waals surface area contributed by atoms with Crippen LogP contribution in [0.5, 0.6) is 0 Å². The first-order chi connectivity index (χ1) is 7.83. The molecule has 0 saturated heterocycles. The molecule has 0 aliphatic heterocycles. The molecule has 0 saturated carbocycles. The van der Waals surface area contributed by atoms with Crippen LogP contribution in [0, 0.1) is 0 Å². The molecule has 1 atom stereocenters. The summed E-state index contributed by atoms with van der Waals surface area (Å²) in [5, 5.41) is 0. The highest BCUT2D eigenvalue weighted by atomic mass is 16.5. The molecule has 90 valence electrons. The fourth-order valence-electron chi connectivity index (χ4n) is 1.61. The van der Waals surface area contributed by atoms with Gasteiger partial charge in [0.25, 0.3) is 0 Å². The van der Waals surface area contributed by atoms with E-state index in [-0.39, 0.29) is 6.04 Å². The minimum atomic E-state index is 0.135. The van der Waals surface area contributed by atoms with Crippen molar-refractivity contribution in [2.75, 3.05) is 19.8 Å². The molecule has 0 amide bonds. The summed E-state index contributed by atoms with van der Waals surface area (Å²) < 4.78 is 5.30. The normalized spacial score (nSPS) is 12.6. The van der Waals surface area contributed by atoms with Gasteiger partial charge >= 0.3 is 0 Å². The van der Waals surface area contributed by atoms with Gasteiger partial charge in [0.15, 0.2) is 0 Å². The zero-order valence-electron chi connectivity index (χ0n) is 9.77. The van der Waals surface area contributed by atoms with Crippen LogP contribution in [-0.2, 0) is 11.2 Å². The first-order valence-electron chi connectivity index (χ1n) is 5.90. The molecule has 3 heteroatoms. The van der Waals surface area contributed by atoms with Crippen molar-refractivity contribution in [3.63, 3.8) is 0 Å². The zero-order chi connectivity index (χ0) is 11.6. The molecule has 1 aromatic carbocycles. The Kier molecular flexibility index (Phi) is 6.81. The lowest BCUT2D eigenvalue weighted by Crippen LogP contribution is -2.27. The lowest BCUT2D eigenvalue weighted by Gasteiger charge is -2.11. The van der Waals surface area contributed by atoms with Gasteiger partial charge < -0.3 is 16.2 Å². The number of benzene rings is 1. The van der Waals surface area contributed by atoms with E-state index in [1.165, 1.54) is 5.56 Å². The van der Waals surface area contributed by atoms with E-state index in [1.807, 2.05) is 6.07 Å². The smallest absolute Gasteiger partial charge is 0.0618 e. The molecule has 0 aromatic heterocycles. The zero-order valence-corrected chi connectivity index (χ0v) is 9.77. The average Bonchev–Trinajstić information content (AvgIpc) is 2.31. The summed E-state index contributed by atoms with van der Waals surface area (Å²) in [5.74, 6) is 0. The monoisotopic (exact) mass is 222 g/mol. The first kappa shape index (κ1) is 13.2. The fraction of sp³-hybridized carbons (Fsp3) is 0.538. The van der Waals surface area contributed by atoms with Gasteiger partial charge in [-0.3, -0.25) is 0 Å². The van der Waals surface area contributed by atoms with Crippen molar-refractivity contribution < 1.29 is 4.74 Å². The summed E-state index contributed by atoms with van der Waals surface area (Å²) in [6.45, 7) is 1.79. The molecule has 16 heavy (non-hydrogen) atoms. The maximum atomic E-state index is 5.91. The van der Waals surface area contributed by atoms with Gasteiger partial charge in [-0.1, -0.05) is 30.3 Å². The van der Waals surface area contributed by atoms with Crippen LogP contribution in [-0.4, -0.2) is 25.8 Å². The summed E-state index contributed by atoms with van der Waals surface area (Å²) in [6.07, 6.45) is 3.20. The maximum Gasteiger partial charge on any atom is 0.0618 e. The molecule has 0 heterocycles. The standard InChI is InChI=1S/C13H22N2O/c14-9-10-16-11-13(15)8-4-7-12-5-2-1-3-6-12/h1-3,5-6,13H,4,7-11,14-15H2. The lowest BCUT2D eigenvalue weighted by atomic mass is 10.1. The Bertz CT molecular complexity index is 264. The van der Waals surface area contributed by atoms with Gasteiger partial charge in [0.1, 0.15) is 0 Å². The molecule has 4 N–H and O–H groups in total. The molecule has 0 radical (unpaired) electrons. The second-order valence-corrected chi connectivity index (χ2v) is 4.00. The molecule has 1 aromatic rings. The Morgan fingerprint density at radius 1 is 1.19 bits per heavy atom. The van der Waals surface area contributed by atoms with Gasteiger partial charge in [0.2, 0.25) is 0 Å². The van der Waals surface area contributed by atoms with Crippen LogP contribution >= 0.6 is 0 Å². The van der Waals surface area contributed by atoms with Crippen molar-refractivity contribution in [3.05, 3.63) is 35.9 Å². The van der Waals surface area contributed by atoms with E-state index in [1.54, 1.807) is 0 Å². The fourth-order valence-corrected chi connectivity index (χ4v) is 1.61. The van der Waals surface area contributed by atoms with Crippen LogP contribution in [0.2, 0.25) is 0 Å². The van der Waals surface area contributed by atoms with E-state index < -0.39 is 0 Å². The molecule has 0 bridgehead atoms. The molecule has 1 rings (SSSR count). The van der Waals surface area contributed by atoms with Crippen LogP contribution in [0.3, 0.4) is 0 Å². The Morgan fingerprint density at radius 3 is 2.62 bits per heavy atom. The Labute approximate surface area is 97.8 Å². The van der Waals surface area contributed by atoms with Crippen LogP contribution in [0.15, 0.2) is 30.3 Å². The maximum absolute atomic E-state index is 5.91. The second kappa shape index (κ2) is 8.28. The quantitative estimate of drug-likeness (QED) is 0.652. The summed E-state index contributed by atoms with van der Waals surface area (Å²) in [6, 6.07) is 10.6. The SMILES string of the molecule is NCCOCC(N)CCCc1ccccc1. The molecular weight excluding hydrogens is 200 g/mol. The lowest BCUT2D eigenvalue weighted by molar-refractivity contribution is 0.125. The van der Waals surface area contributed by atoms with E-state index in [4.69, 9.17) is 16.2 Å². The number of nitrogens with two attached hydrogens (primary N) is 2. The highest BCUT2D eigenvalue weighted by Gasteiger charge is 2.02. The van der Waals surface area contributed by atoms with E-state index >= 15 is 0 Å². The molecule has 3 nitrogen and oxygen atoms in total. The average molecular weight is 222 g/mol. The van der Waals surface area contributed by atoms with Crippen molar-refractivity contribution in [2.45, 2.75) is 25.3 Å². The minimum Gasteiger partial charge on any atom is -0.379 e.